The molecule has 6 heteroatoms. The van der Waals surface area contributed by atoms with Gasteiger partial charge in [0, 0.05) is 30.6 Å². The van der Waals surface area contributed by atoms with E-state index in [1.54, 1.807) is 16.7 Å². The van der Waals surface area contributed by atoms with Crippen LogP contribution in [0.15, 0.2) is 29.2 Å². The minimum absolute atomic E-state index is 0.0195. The van der Waals surface area contributed by atoms with Crippen molar-refractivity contribution in [2.24, 2.45) is 0 Å². The van der Waals surface area contributed by atoms with Crippen molar-refractivity contribution >= 4 is 23.6 Å². The van der Waals surface area contributed by atoms with Gasteiger partial charge in [0.15, 0.2) is 0 Å². The Morgan fingerprint density at radius 1 is 1.35 bits per heavy atom. The summed E-state index contributed by atoms with van der Waals surface area (Å²) < 4.78 is 0. The highest BCUT2D eigenvalue weighted by Crippen LogP contribution is 2.23. The maximum Gasteiger partial charge on any atom is 0.244 e. The minimum Gasteiger partial charge on any atom is -0.352 e. The number of piperazine rings is 1. The first-order valence-corrected chi connectivity index (χ1v) is 9.12. The third-order valence-corrected chi connectivity index (χ3v) is 5.40. The predicted molar refractivity (Wildman–Crippen MR) is 91.4 cm³/mol. The zero-order valence-electron chi connectivity index (χ0n) is 13.4. The van der Waals surface area contributed by atoms with Crippen LogP contribution in [0.5, 0.6) is 0 Å². The van der Waals surface area contributed by atoms with Crippen LogP contribution in [0.2, 0.25) is 0 Å². The van der Waals surface area contributed by atoms with Gasteiger partial charge in [-0.3, -0.25) is 9.59 Å². The molecule has 0 radical (unpaired) electrons. The van der Waals surface area contributed by atoms with Crippen LogP contribution in [0.25, 0.3) is 0 Å². The molecule has 1 aliphatic carbocycles. The van der Waals surface area contributed by atoms with Crippen molar-refractivity contribution in [3.63, 3.8) is 0 Å². The van der Waals surface area contributed by atoms with Gasteiger partial charge in [0.05, 0.1) is 5.75 Å². The summed E-state index contributed by atoms with van der Waals surface area (Å²) in [6.45, 7) is 3.92. The molecule has 1 atom stereocenters. The third kappa shape index (κ3) is 4.26. The monoisotopic (exact) mass is 333 g/mol. The van der Waals surface area contributed by atoms with E-state index in [0.717, 1.165) is 24.3 Å². The highest BCUT2D eigenvalue weighted by molar-refractivity contribution is 8.00. The van der Waals surface area contributed by atoms with Crippen molar-refractivity contribution in [3.05, 3.63) is 29.8 Å². The summed E-state index contributed by atoms with van der Waals surface area (Å²) in [5.41, 5.74) is 1.17. The summed E-state index contributed by atoms with van der Waals surface area (Å²) in [6, 6.07) is 8.00. The molecule has 2 N–H and O–H groups in total. The number of thioether (sulfide) groups is 1. The van der Waals surface area contributed by atoms with E-state index in [1.807, 2.05) is 31.2 Å². The highest BCUT2D eigenvalue weighted by Gasteiger charge is 2.34. The van der Waals surface area contributed by atoms with Gasteiger partial charge >= 0.3 is 0 Å². The number of nitrogens with one attached hydrogen (secondary N) is 2. The first-order valence-electron chi connectivity index (χ1n) is 8.14. The summed E-state index contributed by atoms with van der Waals surface area (Å²) in [7, 11) is 0. The fraction of sp³-hybridized carbons (Fsp3) is 0.529. The molecule has 23 heavy (non-hydrogen) atoms. The van der Waals surface area contributed by atoms with Gasteiger partial charge in [-0.05, 0) is 31.4 Å². The second-order valence-electron chi connectivity index (χ2n) is 6.14. The number of nitrogens with zero attached hydrogens (tertiary/aromatic N) is 1. The standard InChI is InChI=1S/C17H23N3O2S/c1-12-4-2-3-5-15(12)23-11-16(21)20-9-8-18-10-14(20)17(22)19-13-6-7-13/h2-5,13-14,18H,6-11H2,1H3,(H,19,22). The molecule has 0 bridgehead atoms. The number of rotatable bonds is 5. The Balaban J connectivity index is 1.59. The summed E-state index contributed by atoms with van der Waals surface area (Å²) in [5, 5.41) is 6.23. The van der Waals surface area contributed by atoms with Crippen molar-refractivity contribution in [2.75, 3.05) is 25.4 Å². The molecular weight excluding hydrogens is 310 g/mol. The van der Waals surface area contributed by atoms with Crippen LogP contribution in [0.3, 0.4) is 0 Å². The van der Waals surface area contributed by atoms with E-state index in [-0.39, 0.29) is 17.9 Å². The largest absolute Gasteiger partial charge is 0.352 e. The Morgan fingerprint density at radius 2 is 2.13 bits per heavy atom. The molecular formula is C17H23N3O2S. The lowest BCUT2D eigenvalue weighted by molar-refractivity contribution is -0.139. The van der Waals surface area contributed by atoms with Crippen LogP contribution < -0.4 is 10.6 Å². The molecule has 1 aliphatic heterocycles. The van der Waals surface area contributed by atoms with Crippen LogP contribution in [0.1, 0.15) is 18.4 Å². The smallest absolute Gasteiger partial charge is 0.244 e. The van der Waals surface area contributed by atoms with Crippen LogP contribution in [-0.4, -0.2) is 54.2 Å². The SMILES string of the molecule is Cc1ccccc1SCC(=O)N1CCNCC1C(=O)NC1CC1. The molecule has 2 aliphatic rings. The maximum atomic E-state index is 12.6. The van der Waals surface area contributed by atoms with Crippen molar-refractivity contribution in [1.82, 2.24) is 15.5 Å². The van der Waals surface area contributed by atoms with Crippen molar-refractivity contribution in [1.29, 1.82) is 0 Å². The normalized spacial score (nSPS) is 21.1. The van der Waals surface area contributed by atoms with Gasteiger partial charge in [-0.25, -0.2) is 0 Å². The molecule has 1 aromatic rings. The van der Waals surface area contributed by atoms with Crippen molar-refractivity contribution < 1.29 is 9.59 Å². The van der Waals surface area contributed by atoms with Crippen molar-refractivity contribution in [3.8, 4) is 0 Å². The van der Waals surface area contributed by atoms with Gasteiger partial charge in [0.2, 0.25) is 11.8 Å². The lowest BCUT2D eigenvalue weighted by atomic mass is 10.1. The molecule has 3 rings (SSSR count). The highest BCUT2D eigenvalue weighted by atomic mass is 32.2. The van der Waals surface area contributed by atoms with E-state index in [2.05, 4.69) is 10.6 Å². The Hall–Kier alpha value is -1.53. The van der Waals surface area contributed by atoms with Crippen LogP contribution in [0, 0.1) is 6.92 Å². The summed E-state index contributed by atoms with van der Waals surface area (Å²) in [5.74, 6) is 0.391. The van der Waals surface area contributed by atoms with Gasteiger partial charge in [-0.2, -0.15) is 0 Å². The fourth-order valence-electron chi connectivity index (χ4n) is 2.70. The Morgan fingerprint density at radius 3 is 2.87 bits per heavy atom. The zero-order chi connectivity index (χ0) is 16.2. The fourth-order valence-corrected chi connectivity index (χ4v) is 3.62. The number of hydrogen-bond acceptors (Lipinski definition) is 4. The Bertz CT molecular complexity index is 589. The molecule has 1 heterocycles. The number of aryl methyl sites for hydroxylation is 1. The molecule has 2 fully saturated rings. The van der Waals surface area contributed by atoms with E-state index in [9.17, 15) is 9.59 Å². The molecule has 0 aromatic heterocycles. The minimum atomic E-state index is -0.380. The average molecular weight is 333 g/mol. The Labute approximate surface area is 141 Å². The summed E-state index contributed by atoms with van der Waals surface area (Å²) >= 11 is 1.55. The average Bonchev–Trinajstić information content (AvgIpc) is 3.38. The Kier molecular flexibility index (Phi) is 5.23. The second kappa shape index (κ2) is 7.36. The molecule has 1 aromatic carbocycles. The van der Waals surface area contributed by atoms with Gasteiger partial charge in [0.1, 0.15) is 6.04 Å². The van der Waals surface area contributed by atoms with Crippen molar-refractivity contribution in [2.45, 2.75) is 36.7 Å². The summed E-state index contributed by atoms with van der Waals surface area (Å²) in [6.07, 6.45) is 2.12. The molecule has 1 saturated heterocycles. The molecule has 1 unspecified atom stereocenters. The van der Waals surface area contributed by atoms with E-state index >= 15 is 0 Å². The second-order valence-corrected chi connectivity index (χ2v) is 7.16. The third-order valence-electron chi connectivity index (χ3n) is 4.23. The van der Waals surface area contributed by atoms with Crippen LogP contribution >= 0.6 is 11.8 Å². The molecule has 5 nitrogen and oxygen atoms in total. The van der Waals surface area contributed by atoms with Gasteiger partial charge in [-0.1, -0.05) is 18.2 Å². The topological polar surface area (TPSA) is 61.4 Å². The van der Waals surface area contributed by atoms with E-state index in [4.69, 9.17) is 0 Å². The number of carbonyl (C=O) groups is 2. The van der Waals surface area contributed by atoms with Gasteiger partial charge in [0.25, 0.3) is 0 Å². The van der Waals surface area contributed by atoms with E-state index in [1.165, 1.54) is 5.56 Å². The lowest BCUT2D eigenvalue weighted by Gasteiger charge is -2.35. The summed E-state index contributed by atoms with van der Waals surface area (Å²) in [4.78, 5) is 27.8. The van der Waals surface area contributed by atoms with E-state index in [0.29, 0.717) is 24.9 Å². The van der Waals surface area contributed by atoms with E-state index < -0.39 is 0 Å². The molecule has 124 valence electrons. The predicted octanol–water partition coefficient (Wildman–Crippen LogP) is 1.17. The first kappa shape index (κ1) is 16.3. The number of benzene rings is 1. The molecule has 2 amide bonds. The van der Waals surface area contributed by atoms with Gasteiger partial charge in [-0.15, -0.1) is 11.8 Å². The lowest BCUT2D eigenvalue weighted by Crippen LogP contribution is -2.60. The number of amides is 2. The first-order chi connectivity index (χ1) is 11.1. The zero-order valence-corrected chi connectivity index (χ0v) is 14.2. The number of carbonyl (C=O) groups excluding carboxylic acids is 2. The van der Waals surface area contributed by atoms with Crippen LogP contribution in [-0.2, 0) is 9.59 Å². The van der Waals surface area contributed by atoms with Crippen LogP contribution in [0.4, 0.5) is 0 Å². The molecule has 1 saturated carbocycles. The quantitative estimate of drug-likeness (QED) is 0.794. The van der Waals surface area contributed by atoms with Gasteiger partial charge < -0.3 is 15.5 Å². The molecule has 0 spiro atoms. The maximum absolute atomic E-state index is 12.6. The number of hydrogen-bond donors (Lipinski definition) is 2.